The molecule has 1 unspecified atom stereocenters. The fourth-order valence-electron chi connectivity index (χ4n) is 1.59. The van der Waals surface area contributed by atoms with Crippen LogP contribution < -0.4 is 10.5 Å². The van der Waals surface area contributed by atoms with E-state index in [1.807, 2.05) is 30.3 Å². The minimum absolute atomic E-state index is 0.00836. The number of sulfonamides is 1. The van der Waals surface area contributed by atoms with E-state index in [-0.39, 0.29) is 12.2 Å². The van der Waals surface area contributed by atoms with E-state index in [1.165, 1.54) is 0 Å². The second-order valence-electron chi connectivity index (χ2n) is 4.08. The standard InChI is InChI=1S/C12H18N2O3S/c1-2-8-18(16,17)14-11(12(13)15)9-10-6-4-3-5-7-10/h3-7,11,14H,2,8-9H2,1H3,(H2,13,15). The van der Waals surface area contributed by atoms with Gasteiger partial charge in [-0.2, -0.15) is 0 Å². The summed E-state index contributed by atoms with van der Waals surface area (Å²) in [5.74, 6) is -0.676. The summed E-state index contributed by atoms with van der Waals surface area (Å²) in [5.41, 5.74) is 6.08. The highest BCUT2D eigenvalue weighted by molar-refractivity contribution is 7.89. The van der Waals surface area contributed by atoms with Gasteiger partial charge in [0.25, 0.3) is 0 Å². The first kappa shape index (κ1) is 14.7. The summed E-state index contributed by atoms with van der Waals surface area (Å²) in [6.07, 6.45) is 0.755. The lowest BCUT2D eigenvalue weighted by Crippen LogP contribution is -2.46. The quantitative estimate of drug-likeness (QED) is 0.752. The topological polar surface area (TPSA) is 89.3 Å². The van der Waals surface area contributed by atoms with E-state index in [1.54, 1.807) is 6.92 Å². The number of rotatable bonds is 7. The SMILES string of the molecule is CCCS(=O)(=O)NC(Cc1ccccc1)C(N)=O. The molecule has 0 aliphatic heterocycles. The third kappa shape index (κ3) is 4.85. The van der Waals surface area contributed by atoms with Crippen LogP contribution in [0.5, 0.6) is 0 Å². The second kappa shape index (κ2) is 6.51. The highest BCUT2D eigenvalue weighted by Gasteiger charge is 2.21. The van der Waals surface area contributed by atoms with Crippen LogP contribution >= 0.6 is 0 Å². The van der Waals surface area contributed by atoms with Gasteiger partial charge in [0.2, 0.25) is 15.9 Å². The summed E-state index contributed by atoms with van der Waals surface area (Å²) in [4.78, 5) is 11.3. The first-order valence-electron chi connectivity index (χ1n) is 5.78. The molecule has 0 aliphatic carbocycles. The van der Waals surface area contributed by atoms with E-state index in [4.69, 9.17) is 5.73 Å². The van der Waals surface area contributed by atoms with Crippen molar-refractivity contribution in [2.75, 3.05) is 5.75 Å². The minimum atomic E-state index is -3.45. The molecule has 6 heteroatoms. The lowest BCUT2D eigenvalue weighted by atomic mass is 10.1. The van der Waals surface area contributed by atoms with Gasteiger partial charge in [0.1, 0.15) is 6.04 Å². The fraction of sp³-hybridized carbons (Fsp3) is 0.417. The molecule has 1 aromatic carbocycles. The highest BCUT2D eigenvalue weighted by atomic mass is 32.2. The molecular weight excluding hydrogens is 252 g/mol. The molecule has 1 atom stereocenters. The molecule has 0 saturated heterocycles. The van der Waals surface area contributed by atoms with Gasteiger partial charge in [-0.25, -0.2) is 13.1 Å². The van der Waals surface area contributed by atoms with Gasteiger partial charge in [-0.1, -0.05) is 37.3 Å². The number of primary amides is 1. The van der Waals surface area contributed by atoms with Gasteiger partial charge in [0.15, 0.2) is 0 Å². The average Bonchev–Trinajstić information content (AvgIpc) is 2.29. The molecule has 0 heterocycles. The molecule has 0 radical (unpaired) electrons. The number of benzene rings is 1. The molecule has 1 amide bonds. The number of carbonyl (C=O) groups excluding carboxylic acids is 1. The monoisotopic (exact) mass is 270 g/mol. The van der Waals surface area contributed by atoms with Crippen LogP contribution in [0.3, 0.4) is 0 Å². The molecule has 18 heavy (non-hydrogen) atoms. The van der Waals surface area contributed by atoms with E-state index in [9.17, 15) is 13.2 Å². The van der Waals surface area contributed by atoms with Crippen LogP contribution in [0, 0.1) is 0 Å². The number of nitrogens with one attached hydrogen (secondary N) is 1. The molecule has 0 spiro atoms. The molecule has 0 saturated carbocycles. The van der Waals surface area contributed by atoms with E-state index in [2.05, 4.69) is 4.72 Å². The van der Waals surface area contributed by atoms with Crippen molar-refractivity contribution in [2.45, 2.75) is 25.8 Å². The van der Waals surface area contributed by atoms with Gasteiger partial charge in [-0.15, -0.1) is 0 Å². The zero-order valence-corrected chi connectivity index (χ0v) is 11.1. The van der Waals surface area contributed by atoms with Crippen molar-refractivity contribution in [2.24, 2.45) is 5.73 Å². The van der Waals surface area contributed by atoms with E-state index < -0.39 is 22.0 Å². The normalized spacial score (nSPS) is 13.2. The number of amides is 1. The Balaban J connectivity index is 2.76. The van der Waals surface area contributed by atoms with Crippen LogP contribution in [-0.4, -0.2) is 26.1 Å². The lowest BCUT2D eigenvalue weighted by Gasteiger charge is -2.15. The third-order valence-electron chi connectivity index (χ3n) is 2.42. The van der Waals surface area contributed by atoms with Gasteiger partial charge in [0.05, 0.1) is 5.75 Å². The van der Waals surface area contributed by atoms with E-state index >= 15 is 0 Å². The first-order chi connectivity index (χ1) is 8.44. The van der Waals surface area contributed by atoms with Gasteiger partial charge in [0, 0.05) is 0 Å². The van der Waals surface area contributed by atoms with E-state index in [0.29, 0.717) is 6.42 Å². The largest absolute Gasteiger partial charge is 0.368 e. The van der Waals surface area contributed by atoms with Crippen molar-refractivity contribution in [3.63, 3.8) is 0 Å². The Morgan fingerprint density at radius 2 is 1.94 bits per heavy atom. The van der Waals surface area contributed by atoms with Crippen molar-refractivity contribution < 1.29 is 13.2 Å². The zero-order chi connectivity index (χ0) is 13.6. The molecule has 0 bridgehead atoms. The molecule has 1 rings (SSSR count). The summed E-state index contributed by atoms with van der Waals surface area (Å²) in [5, 5.41) is 0. The highest BCUT2D eigenvalue weighted by Crippen LogP contribution is 2.04. The van der Waals surface area contributed by atoms with Crippen molar-refractivity contribution in [1.29, 1.82) is 0 Å². The van der Waals surface area contributed by atoms with Gasteiger partial charge in [-0.05, 0) is 18.4 Å². The van der Waals surface area contributed by atoms with Crippen molar-refractivity contribution in [3.8, 4) is 0 Å². The van der Waals surface area contributed by atoms with Gasteiger partial charge >= 0.3 is 0 Å². The van der Waals surface area contributed by atoms with E-state index in [0.717, 1.165) is 5.56 Å². The number of nitrogens with two attached hydrogens (primary N) is 1. The summed E-state index contributed by atoms with van der Waals surface area (Å²) < 4.78 is 25.6. The van der Waals surface area contributed by atoms with Crippen molar-refractivity contribution >= 4 is 15.9 Å². The number of carbonyl (C=O) groups is 1. The Bertz CT molecular complexity index is 485. The summed E-state index contributed by atoms with van der Waals surface area (Å²) in [7, 11) is -3.45. The van der Waals surface area contributed by atoms with Crippen LogP contribution in [0.1, 0.15) is 18.9 Å². The molecule has 5 nitrogen and oxygen atoms in total. The maximum atomic E-state index is 11.6. The maximum Gasteiger partial charge on any atom is 0.235 e. The molecule has 100 valence electrons. The second-order valence-corrected chi connectivity index (χ2v) is 5.95. The minimum Gasteiger partial charge on any atom is -0.368 e. The van der Waals surface area contributed by atoms with Crippen LogP contribution in [0.15, 0.2) is 30.3 Å². The Hall–Kier alpha value is -1.40. The Morgan fingerprint density at radius 3 is 2.44 bits per heavy atom. The van der Waals surface area contributed by atoms with Gasteiger partial charge in [-0.3, -0.25) is 4.79 Å². The molecule has 3 N–H and O–H groups in total. The Kier molecular flexibility index (Phi) is 5.30. The summed E-state index contributed by atoms with van der Waals surface area (Å²) in [6.45, 7) is 1.76. The molecule has 1 aromatic rings. The van der Waals surface area contributed by atoms with Crippen molar-refractivity contribution in [3.05, 3.63) is 35.9 Å². The third-order valence-corrected chi connectivity index (χ3v) is 4.01. The molecular formula is C12H18N2O3S. The Morgan fingerprint density at radius 1 is 1.33 bits per heavy atom. The molecule has 0 fully saturated rings. The zero-order valence-electron chi connectivity index (χ0n) is 10.3. The molecule has 0 aromatic heterocycles. The van der Waals surface area contributed by atoms with Crippen LogP contribution in [0.25, 0.3) is 0 Å². The average molecular weight is 270 g/mol. The van der Waals surface area contributed by atoms with Crippen LogP contribution in [0.2, 0.25) is 0 Å². The smallest absolute Gasteiger partial charge is 0.235 e. The van der Waals surface area contributed by atoms with Crippen LogP contribution in [-0.2, 0) is 21.2 Å². The number of hydrogen-bond acceptors (Lipinski definition) is 3. The lowest BCUT2D eigenvalue weighted by molar-refractivity contribution is -0.119. The molecule has 0 aliphatic rings. The number of hydrogen-bond donors (Lipinski definition) is 2. The van der Waals surface area contributed by atoms with Gasteiger partial charge < -0.3 is 5.73 Å². The maximum absolute atomic E-state index is 11.6. The summed E-state index contributed by atoms with van der Waals surface area (Å²) >= 11 is 0. The van der Waals surface area contributed by atoms with Crippen LogP contribution in [0.4, 0.5) is 0 Å². The predicted octanol–water partition coefficient (Wildman–Crippen LogP) is 0.412. The predicted molar refractivity (Wildman–Crippen MR) is 70.3 cm³/mol. The first-order valence-corrected chi connectivity index (χ1v) is 7.43. The summed E-state index contributed by atoms with van der Waals surface area (Å²) in [6, 6.07) is 8.25. The fourth-order valence-corrected chi connectivity index (χ4v) is 2.88. The van der Waals surface area contributed by atoms with Crippen molar-refractivity contribution in [1.82, 2.24) is 4.72 Å². The Labute approximate surface area is 107 Å².